The van der Waals surface area contributed by atoms with E-state index in [4.69, 9.17) is 9.84 Å². The average Bonchev–Trinajstić information content (AvgIpc) is 2.62. The summed E-state index contributed by atoms with van der Waals surface area (Å²) in [6, 6.07) is 19.5. The third-order valence-electron chi connectivity index (χ3n) is 3.61. The first kappa shape index (κ1) is 15.3. The highest BCUT2D eigenvalue weighted by Crippen LogP contribution is 2.27. The predicted octanol–water partition coefficient (Wildman–Crippen LogP) is 2.69. The summed E-state index contributed by atoms with van der Waals surface area (Å²) in [6.45, 7) is -0.254. The molecule has 0 bridgehead atoms. The molecule has 2 aromatic rings. The number of benzene rings is 2. The lowest BCUT2D eigenvalue weighted by Crippen LogP contribution is -2.29. The van der Waals surface area contributed by atoms with E-state index < -0.39 is 6.10 Å². The molecule has 0 amide bonds. The van der Waals surface area contributed by atoms with Crippen LogP contribution in [0.2, 0.25) is 0 Å². The number of carbonyl (C=O) groups excluding carboxylic acids is 1. The topological polar surface area (TPSA) is 58.9 Å². The first-order valence-corrected chi connectivity index (χ1v) is 7.43. The number of hydrogen-bond acceptors (Lipinski definition) is 4. The van der Waals surface area contributed by atoms with Crippen LogP contribution in [0.5, 0.6) is 0 Å². The van der Waals surface area contributed by atoms with Gasteiger partial charge in [0.15, 0.2) is 11.9 Å². The molecule has 1 N–H and O–H groups in total. The number of ether oxygens (including phenoxy) is 1. The molecule has 116 valence electrons. The normalized spacial score (nSPS) is 17.4. The highest BCUT2D eigenvalue weighted by atomic mass is 16.5. The number of rotatable bonds is 5. The minimum atomic E-state index is -0.754. The van der Waals surface area contributed by atoms with Crippen LogP contribution in [0.3, 0.4) is 0 Å². The van der Waals surface area contributed by atoms with Crippen LogP contribution >= 0.6 is 0 Å². The maximum atomic E-state index is 12.2. The van der Waals surface area contributed by atoms with Crippen molar-refractivity contribution >= 4 is 12.0 Å². The van der Waals surface area contributed by atoms with Gasteiger partial charge in [0.05, 0.1) is 12.3 Å². The summed E-state index contributed by atoms with van der Waals surface area (Å²) in [4.78, 5) is 16.2. The number of ketones is 1. The second-order valence-electron chi connectivity index (χ2n) is 5.23. The van der Waals surface area contributed by atoms with Crippen molar-refractivity contribution in [3.05, 3.63) is 83.6 Å². The molecule has 0 aromatic heterocycles. The molecule has 0 fully saturated rings. The van der Waals surface area contributed by atoms with Gasteiger partial charge in [-0.15, -0.1) is 0 Å². The molecule has 1 unspecified atom stereocenters. The lowest BCUT2D eigenvalue weighted by atomic mass is 10.0. The van der Waals surface area contributed by atoms with Crippen molar-refractivity contribution in [2.75, 3.05) is 6.61 Å². The van der Waals surface area contributed by atoms with Crippen LogP contribution in [0.1, 0.15) is 17.2 Å². The quantitative estimate of drug-likeness (QED) is 0.924. The molecule has 1 aliphatic heterocycles. The predicted molar refractivity (Wildman–Crippen MR) is 88.3 cm³/mol. The summed E-state index contributed by atoms with van der Waals surface area (Å²) in [5.74, 6) is -0.207. The first-order valence-electron chi connectivity index (χ1n) is 7.43. The third-order valence-corrected chi connectivity index (χ3v) is 3.61. The van der Waals surface area contributed by atoms with Gasteiger partial charge in [0, 0.05) is 12.3 Å². The summed E-state index contributed by atoms with van der Waals surface area (Å²) in [5.41, 5.74) is 2.29. The fourth-order valence-corrected chi connectivity index (χ4v) is 2.46. The minimum absolute atomic E-state index is 0.207. The van der Waals surface area contributed by atoms with E-state index >= 15 is 0 Å². The Bertz CT molecular complexity index is 683. The SMILES string of the molecule is O=C1C=C(CO)N=CC1OC(c1ccccc1)c1ccccc1. The van der Waals surface area contributed by atoms with Crippen LogP contribution < -0.4 is 0 Å². The van der Waals surface area contributed by atoms with Gasteiger partial charge < -0.3 is 9.84 Å². The molecule has 2 aromatic carbocycles. The van der Waals surface area contributed by atoms with Gasteiger partial charge >= 0.3 is 0 Å². The molecular formula is C19H17NO3. The molecule has 1 heterocycles. The van der Waals surface area contributed by atoms with Gasteiger partial charge in [-0.3, -0.25) is 9.79 Å². The van der Waals surface area contributed by atoms with Crippen molar-refractivity contribution in [2.24, 2.45) is 4.99 Å². The number of aliphatic hydroxyl groups is 1. The Morgan fingerprint density at radius 3 is 2.04 bits per heavy atom. The number of hydrogen-bond donors (Lipinski definition) is 1. The molecular weight excluding hydrogens is 290 g/mol. The van der Waals surface area contributed by atoms with Gasteiger partial charge in [0.1, 0.15) is 6.10 Å². The van der Waals surface area contributed by atoms with Crippen LogP contribution in [0.4, 0.5) is 0 Å². The minimum Gasteiger partial charge on any atom is -0.390 e. The van der Waals surface area contributed by atoms with Gasteiger partial charge in [0.2, 0.25) is 0 Å². The third kappa shape index (κ3) is 3.62. The van der Waals surface area contributed by atoms with Gasteiger partial charge in [-0.25, -0.2) is 0 Å². The maximum absolute atomic E-state index is 12.2. The molecule has 0 saturated carbocycles. The molecule has 0 spiro atoms. The van der Waals surface area contributed by atoms with Crippen molar-refractivity contribution in [3.63, 3.8) is 0 Å². The second-order valence-corrected chi connectivity index (χ2v) is 5.23. The number of carbonyl (C=O) groups is 1. The zero-order chi connectivity index (χ0) is 16.1. The van der Waals surface area contributed by atoms with E-state index in [1.807, 2.05) is 60.7 Å². The summed E-state index contributed by atoms with van der Waals surface area (Å²) >= 11 is 0. The fourth-order valence-electron chi connectivity index (χ4n) is 2.46. The standard InChI is InChI=1S/C19H17NO3/c21-13-16-11-17(22)18(12-20-16)23-19(14-7-3-1-4-8-14)15-9-5-2-6-10-15/h1-12,18-19,21H,13H2. The molecule has 4 nitrogen and oxygen atoms in total. The smallest absolute Gasteiger partial charge is 0.191 e. The Labute approximate surface area is 134 Å². The van der Waals surface area contributed by atoms with Crippen molar-refractivity contribution in [2.45, 2.75) is 12.2 Å². The highest BCUT2D eigenvalue weighted by Gasteiger charge is 2.25. The molecule has 0 saturated heterocycles. The number of nitrogens with zero attached hydrogens (tertiary/aromatic N) is 1. The lowest BCUT2D eigenvalue weighted by Gasteiger charge is -2.23. The molecule has 3 rings (SSSR count). The largest absolute Gasteiger partial charge is 0.390 e. The van der Waals surface area contributed by atoms with E-state index in [0.29, 0.717) is 5.70 Å². The zero-order valence-electron chi connectivity index (χ0n) is 12.5. The zero-order valence-corrected chi connectivity index (χ0v) is 12.5. The van der Waals surface area contributed by atoms with E-state index in [1.54, 1.807) is 0 Å². The summed E-state index contributed by atoms with van der Waals surface area (Å²) < 4.78 is 6.04. The van der Waals surface area contributed by atoms with Gasteiger partial charge in [-0.2, -0.15) is 0 Å². The molecule has 4 heteroatoms. The van der Waals surface area contributed by atoms with Gasteiger partial charge in [-0.05, 0) is 11.1 Å². The van der Waals surface area contributed by atoms with Crippen molar-refractivity contribution in [1.82, 2.24) is 0 Å². The maximum Gasteiger partial charge on any atom is 0.191 e. The summed E-state index contributed by atoms with van der Waals surface area (Å²) in [5, 5.41) is 9.06. The Balaban J connectivity index is 1.88. The van der Waals surface area contributed by atoms with Crippen LogP contribution in [-0.4, -0.2) is 29.8 Å². The van der Waals surface area contributed by atoms with E-state index in [-0.39, 0.29) is 18.5 Å². The Morgan fingerprint density at radius 1 is 1.00 bits per heavy atom. The Kier molecular flexibility index (Phi) is 4.76. The van der Waals surface area contributed by atoms with Crippen LogP contribution in [0.25, 0.3) is 0 Å². The van der Waals surface area contributed by atoms with Crippen LogP contribution in [0.15, 0.2) is 77.4 Å². The van der Waals surface area contributed by atoms with Gasteiger partial charge in [0.25, 0.3) is 0 Å². The lowest BCUT2D eigenvalue weighted by molar-refractivity contribution is -0.123. The van der Waals surface area contributed by atoms with Crippen molar-refractivity contribution < 1.29 is 14.6 Å². The van der Waals surface area contributed by atoms with Crippen LogP contribution in [0, 0.1) is 0 Å². The molecule has 1 atom stereocenters. The first-order chi connectivity index (χ1) is 11.3. The van der Waals surface area contributed by atoms with E-state index in [0.717, 1.165) is 11.1 Å². The Morgan fingerprint density at radius 2 is 1.57 bits per heavy atom. The number of aliphatic hydroxyl groups excluding tert-OH is 1. The van der Waals surface area contributed by atoms with Crippen LogP contribution in [-0.2, 0) is 9.53 Å². The Hall–Kier alpha value is -2.56. The van der Waals surface area contributed by atoms with E-state index in [2.05, 4.69) is 4.99 Å². The monoisotopic (exact) mass is 307 g/mol. The van der Waals surface area contributed by atoms with Crippen molar-refractivity contribution in [3.8, 4) is 0 Å². The summed E-state index contributed by atoms with van der Waals surface area (Å²) in [7, 11) is 0. The summed E-state index contributed by atoms with van der Waals surface area (Å²) in [6.07, 6.45) is 1.67. The molecule has 0 radical (unpaired) electrons. The number of aliphatic imine (C=N–C) groups is 1. The molecule has 23 heavy (non-hydrogen) atoms. The van der Waals surface area contributed by atoms with E-state index in [1.165, 1.54) is 12.3 Å². The second kappa shape index (κ2) is 7.13. The molecule has 0 aliphatic carbocycles. The van der Waals surface area contributed by atoms with E-state index in [9.17, 15) is 4.79 Å². The average molecular weight is 307 g/mol. The fraction of sp³-hybridized carbons (Fsp3) is 0.158. The highest BCUT2D eigenvalue weighted by molar-refractivity contribution is 6.07. The van der Waals surface area contributed by atoms with Crippen molar-refractivity contribution in [1.29, 1.82) is 0 Å². The molecule has 1 aliphatic rings. The van der Waals surface area contributed by atoms with Gasteiger partial charge in [-0.1, -0.05) is 60.7 Å².